The van der Waals surface area contributed by atoms with Crippen LogP contribution in [0.2, 0.25) is 0 Å². The van der Waals surface area contributed by atoms with Gasteiger partial charge in [-0.25, -0.2) is 0 Å². The molecule has 0 unspecified atom stereocenters. The van der Waals surface area contributed by atoms with E-state index in [9.17, 15) is 4.79 Å². The van der Waals surface area contributed by atoms with Crippen molar-refractivity contribution < 1.29 is 9.53 Å². The van der Waals surface area contributed by atoms with Crippen molar-refractivity contribution in [1.82, 2.24) is 4.90 Å². The van der Waals surface area contributed by atoms with Crippen LogP contribution in [0.1, 0.15) is 12.5 Å². The predicted octanol–water partition coefficient (Wildman–Crippen LogP) is 0.834. The summed E-state index contributed by atoms with van der Waals surface area (Å²) in [6.07, 6.45) is 0.825. The van der Waals surface area contributed by atoms with Crippen molar-refractivity contribution in [3.63, 3.8) is 0 Å². The minimum absolute atomic E-state index is 0.0642. The zero-order valence-corrected chi connectivity index (χ0v) is 12.3. The Bertz CT molecular complexity index is 493. The number of guanidine groups is 1. The molecule has 1 saturated heterocycles. The van der Waals surface area contributed by atoms with E-state index in [4.69, 9.17) is 10.5 Å². The van der Waals surface area contributed by atoms with Crippen molar-refractivity contribution in [3.05, 3.63) is 29.8 Å². The number of carbonyl (C=O) groups excluding carboxylic acids is 1. The number of anilines is 1. The number of hydrogen-bond acceptors (Lipinski definition) is 3. The van der Waals surface area contributed by atoms with E-state index in [1.54, 1.807) is 0 Å². The van der Waals surface area contributed by atoms with Gasteiger partial charge in [0.05, 0.1) is 13.2 Å². The van der Waals surface area contributed by atoms with Gasteiger partial charge in [-0.15, -0.1) is 0 Å². The minimum atomic E-state index is -0.0642. The second-order valence-corrected chi connectivity index (χ2v) is 4.97. The number of nitrogens with two attached hydrogens (primary N) is 1. The summed E-state index contributed by atoms with van der Waals surface area (Å²) in [5, 5.41) is 2.74. The van der Waals surface area contributed by atoms with E-state index in [1.807, 2.05) is 29.2 Å². The van der Waals surface area contributed by atoms with E-state index >= 15 is 0 Å². The average molecular weight is 290 g/mol. The number of carbonyl (C=O) groups is 1. The summed E-state index contributed by atoms with van der Waals surface area (Å²) >= 11 is 0. The van der Waals surface area contributed by atoms with Gasteiger partial charge >= 0.3 is 0 Å². The highest BCUT2D eigenvalue weighted by Gasteiger charge is 2.11. The fraction of sp³-hybridized carbons (Fsp3) is 0.467. The average Bonchev–Trinajstić information content (AvgIpc) is 2.49. The first-order valence-electron chi connectivity index (χ1n) is 7.14. The number of rotatable bonds is 4. The van der Waals surface area contributed by atoms with Crippen molar-refractivity contribution >= 4 is 17.6 Å². The van der Waals surface area contributed by atoms with E-state index in [-0.39, 0.29) is 5.91 Å². The maximum absolute atomic E-state index is 10.9. The quantitative estimate of drug-likeness (QED) is 0.636. The Morgan fingerprint density at radius 3 is 2.62 bits per heavy atom. The molecule has 0 saturated carbocycles. The summed E-state index contributed by atoms with van der Waals surface area (Å²) in [7, 11) is 0. The lowest BCUT2D eigenvalue weighted by Crippen LogP contribution is -2.44. The zero-order chi connectivity index (χ0) is 15.1. The second-order valence-electron chi connectivity index (χ2n) is 4.97. The largest absolute Gasteiger partial charge is 0.378 e. The number of nitrogens with zero attached hydrogens (tertiary/aromatic N) is 2. The SMILES string of the molecule is CC(=O)Nc1ccc(CCN=C(N)N2CCOCC2)cc1. The molecule has 2 rings (SSSR count). The molecule has 0 aliphatic carbocycles. The van der Waals surface area contributed by atoms with Gasteiger partial charge in [0.25, 0.3) is 0 Å². The fourth-order valence-corrected chi connectivity index (χ4v) is 2.15. The van der Waals surface area contributed by atoms with Crippen molar-refractivity contribution in [3.8, 4) is 0 Å². The highest BCUT2D eigenvalue weighted by molar-refractivity contribution is 5.88. The lowest BCUT2D eigenvalue weighted by molar-refractivity contribution is -0.114. The maximum Gasteiger partial charge on any atom is 0.221 e. The van der Waals surface area contributed by atoms with E-state index in [1.165, 1.54) is 12.5 Å². The van der Waals surface area contributed by atoms with Crippen molar-refractivity contribution in [2.75, 3.05) is 38.2 Å². The van der Waals surface area contributed by atoms with E-state index in [2.05, 4.69) is 10.3 Å². The Hall–Kier alpha value is -2.08. The third kappa shape index (κ3) is 5.07. The van der Waals surface area contributed by atoms with E-state index in [0.29, 0.717) is 25.7 Å². The van der Waals surface area contributed by atoms with Crippen LogP contribution in [0.5, 0.6) is 0 Å². The molecule has 0 spiro atoms. The first-order valence-corrected chi connectivity index (χ1v) is 7.14. The van der Waals surface area contributed by atoms with Gasteiger partial charge in [0.15, 0.2) is 5.96 Å². The minimum Gasteiger partial charge on any atom is -0.378 e. The van der Waals surface area contributed by atoms with Crippen LogP contribution in [-0.4, -0.2) is 49.6 Å². The Morgan fingerprint density at radius 2 is 2.00 bits per heavy atom. The molecule has 1 aliphatic heterocycles. The molecule has 1 aromatic rings. The van der Waals surface area contributed by atoms with Crippen LogP contribution in [-0.2, 0) is 16.0 Å². The Kier molecular flexibility index (Phi) is 5.57. The molecule has 6 nitrogen and oxygen atoms in total. The summed E-state index contributed by atoms with van der Waals surface area (Å²) in [5.74, 6) is 0.527. The molecule has 0 radical (unpaired) electrons. The molecule has 114 valence electrons. The van der Waals surface area contributed by atoms with Crippen molar-refractivity contribution in [2.24, 2.45) is 10.7 Å². The normalized spacial score (nSPS) is 15.9. The van der Waals surface area contributed by atoms with Crippen LogP contribution in [0.4, 0.5) is 5.69 Å². The molecule has 3 N–H and O–H groups in total. The van der Waals surface area contributed by atoms with Crippen LogP contribution < -0.4 is 11.1 Å². The van der Waals surface area contributed by atoms with E-state index in [0.717, 1.165) is 25.2 Å². The number of ether oxygens (including phenoxy) is 1. The molecule has 1 amide bonds. The van der Waals surface area contributed by atoms with Crippen LogP contribution in [0, 0.1) is 0 Å². The molecular formula is C15H22N4O2. The van der Waals surface area contributed by atoms with Gasteiger partial charge in [0.1, 0.15) is 0 Å². The predicted molar refractivity (Wildman–Crippen MR) is 83.3 cm³/mol. The Labute approximate surface area is 125 Å². The lowest BCUT2D eigenvalue weighted by Gasteiger charge is -2.27. The molecule has 1 fully saturated rings. The molecular weight excluding hydrogens is 268 g/mol. The number of amides is 1. The molecule has 1 aromatic carbocycles. The smallest absolute Gasteiger partial charge is 0.221 e. The first-order chi connectivity index (χ1) is 10.1. The van der Waals surface area contributed by atoms with Crippen molar-refractivity contribution in [2.45, 2.75) is 13.3 Å². The van der Waals surface area contributed by atoms with Gasteiger partial charge in [-0.2, -0.15) is 0 Å². The monoisotopic (exact) mass is 290 g/mol. The molecule has 21 heavy (non-hydrogen) atoms. The molecule has 6 heteroatoms. The maximum atomic E-state index is 10.9. The van der Waals surface area contributed by atoms with Crippen LogP contribution in [0.3, 0.4) is 0 Å². The number of nitrogens with one attached hydrogen (secondary N) is 1. The highest BCUT2D eigenvalue weighted by Crippen LogP contribution is 2.10. The van der Waals surface area contributed by atoms with Gasteiger partial charge in [-0.05, 0) is 24.1 Å². The van der Waals surface area contributed by atoms with Gasteiger partial charge in [-0.1, -0.05) is 12.1 Å². The number of benzene rings is 1. The van der Waals surface area contributed by atoms with Crippen molar-refractivity contribution in [1.29, 1.82) is 0 Å². The topological polar surface area (TPSA) is 80.0 Å². The summed E-state index contributed by atoms with van der Waals surface area (Å²) < 4.78 is 5.28. The van der Waals surface area contributed by atoms with E-state index < -0.39 is 0 Å². The van der Waals surface area contributed by atoms with Crippen LogP contribution >= 0.6 is 0 Å². The second kappa shape index (κ2) is 7.64. The van der Waals surface area contributed by atoms with Crippen LogP contribution in [0.15, 0.2) is 29.3 Å². The van der Waals surface area contributed by atoms with Gasteiger partial charge in [0.2, 0.25) is 5.91 Å². The zero-order valence-electron chi connectivity index (χ0n) is 12.3. The van der Waals surface area contributed by atoms with Crippen LogP contribution in [0.25, 0.3) is 0 Å². The molecule has 1 heterocycles. The molecule has 0 bridgehead atoms. The summed E-state index contributed by atoms with van der Waals surface area (Å²) in [6.45, 7) is 5.18. The third-order valence-corrected chi connectivity index (χ3v) is 3.28. The summed E-state index contributed by atoms with van der Waals surface area (Å²) in [4.78, 5) is 17.4. The first kappa shape index (κ1) is 15.3. The molecule has 1 aliphatic rings. The highest BCUT2D eigenvalue weighted by atomic mass is 16.5. The number of hydrogen-bond donors (Lipinski definition) is 2. The summed E-state index contributed by atoms with van der Waals surface area (Å²) in [5.41, 5.74) is 7.94. The van der Waals surface area contributed by atoms with Gasteiger partial charge in [0, 0.05) is 32.2 Å². The summed E-state index contributed by atoms with van der Waals surface area (Å²) in [6, 6.07) is 7.77. The Balaban J connectivity index is 1.80. The lowest BCUT2D eigenvalue weighted by atomic mass is 10.1. The fourth-order valence-electron chi connectivity index (χ4n) is 2.15. The van der Waals surface area contributed by atoms with Gasteiger partial charge < -0.3 is 20.7 Å². The third-order valence-electron chi connectivity index (χ3n) is 3.28. The van der Waals surface area contributed by atoms with Gasteiger partial charge in [-0.3, -0.25) is 9.79 Å². The molecule has 0 atom stereocenters. The Morgan fingerprint density at radius 1 is 1.33 bits per heavy atom. The molecule has 0 aromatic heterocycles. The number of morpholine rings is 1. The number of aliphatic imine (C=N–C) groups is 1. The standard InChI is InChI=1S/C15H22N4O2/c1-12(20)18-14-4-2-13(3-5-14)6-7-17-15(16)19-8-10-21-11-9-19/h2-5H,6-11H2,1H3,(H2,16,17)(H,18,20).